The van der Waals surface area contributed by atoms with Gasteiger partial charge < -0.3 is 14.1 Å². The number of phenols is 1. The van der Waals surface area contributed by atoms with E-state index in [1.54, 1.807) is 22.8 Å². The zero-order valence-corrected chi connectivity index (χ0v) is 11.8. The highest BCUT2D eigenvalue weighted by atomic mass is 79.9. The molecule has 1 N–H and O–H groups in total. The summed E-state index contributed by atoms with van der Waals surface area (Å²) < 4.78 is 3.48. The van der Waals surface area contributed by atoms with Gasteiger partial charge in [-0.3, -0.25) is 4.79 Å². The largest absolute Gasteiger partial charge is 0.506 e. The van der Waals surface area contributed by atoms with E-state index < -0.39 is 0 Å². The van der Waals surface area contributed by atoms with E-state index in [-0.39, 0.29) is 11.3 Å². The van der Waals surface area contributed by atoms with Crippen LogP contribution in [0.5, 0.6) is 5.75 Å². The third kappa shape index (κ3) is 1.85. The van der Waals surface area contributed by atoms with Crippen LogP contribution in [0.25, 0.3) is 16.6 Å². The van der Waals surface area contributed by atoms with Gasteiger partial charge in [-0.2, -0.15) is 0 Å². The maximum atomic E-state index is 12.5. The summed E-state index contributed by atoms with van der Waals surface area (Å²) in [4.78, 5) is 12.5. The Morgan fingerprint density at radius 2 is 1.95 bits per heavy atom. The van der Waals surface area contributed by atoms with Crippen LogP contribution in [0, 0.1) is 0 Å². The van der Waals surface area contributed by atoms with E-state index in [1.807, 2.05) is 22.7 Å². The van der Waals surface area contributed by atoms with Gasteiger partial charge >= 0.3 is 0 Å². The Hall–Kier alpha value is -1.75. The molecule has 4 nitrogen and oxygen atoms in total. The number of hydrogen-bond acceptors (Lipinski definition) is 2. The summed E-state index contributed by atoms with van der Waals surface area (Å²) in [5.41, 5.74) is 2.00. The van der Waals surface area contributed by atoms with E-state index in [2.05, 4.69) is 15.9 Å². The van der Waals surface area contributed by atoms with E-state index in [0.717, 1.165) is 17.3 Å². The number of hydrogen-bond donors (Lipinski definition) is 1. The lowest BCUT2D eigenvalue weighted by atomic mass is 10.2. The number of nitrogens with zero attached hydrogens (tertiary/aromatic N) is 2. The molecule has 0 radical (unpaired) electrons. The van der Waals surface area contributed by atoms with Crippen molar-refractivity contribution in [3.05, 3.63) is 46.9 Å². The predicted octanol–water partition coefficient (Wildman–Crippen LogP) is 2.74. The number of halogens is 1. The van der Waals surface area contributed by atoms with Gasteiger partial charge in [-0.15, -0.1) is 0 Å². The summed E-state index contributed by atoms with van der Waals surface area (Å²) in [7, 11) is 0. The van der Waals surface area contributed by atoms with Gasteiger partial charge in [-0.25, -0.2) is 0 Å². The second-order valence-electron chi connectivity index (χ2n) is 4.41. The molecule has 0 spiro atoms. The Morgan fingerprint density at radius 3 is 2.74 bits per heavy atom. The van der Waals surface area contributed by atoms with Crippen molar-refractivity contribution in [2.75, 3.05) is 5.33 Å². The van der Waals surface area contributed by atoms with Crippen molar-refractivity contribution in [1.29, 1.82) is 0 Å². The van der Waals surface area contributed by atoms with Crippen LogP contribution in [0.2, 0.25) is 0 Å². The lowest BCUT2D eigenvalue weighted by molar-refractivity contribution is 0.476. The fourth-order valence-electron chi connectivity index (χ4n) is 2.43. The highest BCUT2D eigenvalue weighted by Crippen LogP contribution is 2.24. The number of phenolic OH excluding ortho intramolecular Hbond substituents is 1. The third-order valence-corrected chi connectivity index (χ3v) is 3.81. The molecule has 5 heteroatoms. The highest BCUT2D eigenvalue weighted by Gasteiger charge is 2.12. The first-order valence-corrected chi connectivity index (χ1v) is 7.23. The molecule has 0 saturated heterocycles. The van der Waals surface area contributed by atoms with Crippen LogP contribution in [0.15, 0.2) is 41.3 Å². The number of alkyl halides is 1. The first-order chi connectivity index (χ1) is 9.24. The van der Waals surface area contributed by atoms with E-state index in [0.29, 0.717) is 17.6 Å². The third-order valence-electron chi connectivity index (χ3n) is 3.25. The van der Waals surface area contributed by atoms with Crippen LogP contribution in [-0.2, 0) is 6.54 Å². The van der Waals surface area contributed by atoms with Crippen molar-refractivity contribution >= 4 is 32.5 Å². The normalized spacial score (nSPS) is 11.4. The second-order valence-corrected chi connectivity index (χ2v) is 5.20. The molecular formula is C14H13BrN2O2. The van der Waals surface area contributed by atoms with Crippen LogP contribution in [-0.4, -0.2) is 19.4 Å². The average molecular weight is 321 g/mol. The molecule has 0 aliphatic heterocycles. The van der Waals surface area contributed by atoms with Crippen LogP contribution >= 0.6 is 15.9 Å². The maximum absolute atomic E-state index is 12.5. The molecule has 2 heterocycles. The molecule has 0 aliphatic carbocycles. The van der Waals surface area contributed by atoms with E-state index in [4.69, 9.17) is 0 Å². The lowest BCUT2D eigenvalue weighted by Gasteiger charge is -2.13. The number of aromatic nitrogens is 2. The van der Waals surface area contributed by atoms with Crippen molar-refractivity contribution in [1.82, 2.24) is 8.97 Å². The number of aromatic hydroxyl groups is 1. The quantitative estimate of drug-likeness (QED) is 0.754. The SMILES string of the molecule is O=c1c2cccn2c2cccc(O)c2n1CCCBr. The van der Waals surface area contributed by atoms with Crippen LogP contribution in [0.1, 0.15) is 6.42 Å². The van der Waals surface area contributed by atoms with Crippen molar-refractivity contribution in [3.8, 4) is 5.75 Å². The molecule has 0 amide bonds. The Labute approximate surface area is 118 Å². The summed E-state index contributed by atoms with van der Waals surface area (Å²) in [5.74, 6) is 0.139. The molecule has 0 fully saturated rings. The molecule has 1 aromatic carbocycles. The van der Waals surface area contributed by atoms with Crippen LogP contribution in [0.4, 0.5) is 0 Å². The average Bonchev–Trinajstić information content (AvgIpc) is 2.89. The number of para-hydroxylation sites is 1. The van der Waals surface area contributed by atoms with E-state index >= 15 is 0 Å². The smallest absolute Gasteiger partial charge is 0.275 e. The van der Waals surface area contributed by atoms with Crippen molar-refractivity contribution in [2.24, 2.45) is 0 Å². The molecule has 0 aliphatic rings. The first kappa shape index (κ1) is 12.3. The zero-order chi connectivity index (χ0) is 13.4. The lowest BCUT2D eigenvalue weighted by Crippen LogP contribution is -2.23. The number of benzene rings is 1. The van der Waals surface area contributed by atoms with Crippen LogP contribution in [0.3, 0.4) is 0 Å². The molecule has 0 bridgehead atoms. The summed E-state index contributed by atoms with van der Waals surface area (Å²) >= 11 is 3.37. The van der Waals surface area contributed by atoms with Gasteiger partial charge in [0.1, 0.15) is 16.8 Å². The van der Waals surface area contributed by atoms with Crippen molar-refractivity contribution < 1.29 is 5.11 Å². The van der Waals surface area contributed by atoms with Gasteiger partial charge in [-0.1, -0.05) is 22.0 Å². The first-order valence-electron chi connectivity index (χ1n) is 6.11. The van der Waals surface area contributed by atoms with Crippen molar-refractivity contribution in [3.63, 3.8) is 0 Å². The van der Waals surface area contributed by atoms with Gasteiger partial charge in [0, 0.05) is 18.1 Å². The minimum absolute atomic E-state index is 0.0695. The fourth-order valence-corrected chi connectivity index (χ4v) is 2.68. The molecule has 3 rings (SSSR count). The number of rotatable bonds is 3. The Balaban J connectivity index is 2.47. The number of aryl methyl sites for hydroxylation is 1. The maximum Gasteiger partial charge on any atom is 0.275 e. The Bertz CT molecular complexity index is 804. The summed E-state index contributed by atoms with van der Waals surface area (Å²) in [6, 6.07) is 8.95. The molecule has 98 valence electrons. The van der Waals surface area contributed by atoms with Gasteiger partial charge in [0.05, 0.1) is 5.52 Å². The minimum Gasteiger partial charge on any atom is -0.506 e. The molecular weight excluding hydrogens is 308 g/mol. The minimum atomic E-state index is -0.0695. The van der Waals surface area contributed by atoms with Gasteiger partial charge in [-0.05, 0) is 30.7 Å². The van der Waals surface area contributed by atoms with Gasteiger partial charge in [0.25, 0.3) is 5.56 Å². The van der Waals surface area contributed by atoms with Gasteiger partial charge in [0.15, 0.2) is 0 Å². The predicted molar refractivity (Wildman–Crippen MR) is 79.2 cm³/mol. The summed E-state index contributed by atoms with van der Waals surface area (Å²) in [5, 5.41) is 10.9. The molecule has 3 aromatic rings. The number of fused-ring (bicyclic) bond motifs is 3. The monoisotopic (exact) mass is 320 g/mol. The molecule has 19 heavy (non-hydrogen) atoms. The standard InChI is InChI=1S/C14H13BrN2O2/c15-7-3-9-17-13-10(4-1-6-12(13)18)16-8-2-5-11(16)14(17)19/h1-2,4-6,8,18H,3,7,9H2. The molecule has 2 aromatic heterocycles. The molecule has 0 saturated carbocycles. The summed E-state index contributed by atoms with van der Waals surface area (Å²) in [6.07, 6.45) is 2.67. The Kier molecular flexibility index (Phi) is 3.06. The fraction of sp³-hybridized carbons (Fsp3) is 0.214. The van der Waals surface area contributed by atoms with Crippen LogP contribution < -0.4 is 5.56 Å². The van der Waals surface area contributed by atoms with E-state index in [1.165, 1.54) is 0 Å². The second kappa shape index (κ2) is 4.74. The Morgan fingerprint density at radius 1 is 1.16 bits per heavy atom. The van der Waals surface area contributed by atoms with Crippen molar-refractivity contribution in [2.45, 2.75) is 13.0 Å². The molecule has 0 unspecified atom stereocenters. The summed E-state index contributed by atoms with van der Waals surface area (Å²) in [6.45, 7) is 0.583. The highest BCUT2D eigenvalue weighted by molar-refractivity contribution is 9.09. The molecule has 0 atom stereocenters. The van der Waals surface area contributed by atoms with E-state index in [9.17, 15) is 9.90 Å². The zero-order valence-electron chi connectivity index (χ0n) is 10.2. The topological polar surface area (TPSA) is 46.6 Å². The van der Waals surface area contributed by atoms with Gasteiger partial charge in [0.2, 0.25) is 0 Å².